The number of terminal acetylenes is 4. The average molecular weight is 697 g/mol. The summed E-state index contributed by atoms with van der Waals surface area (Å²) in [6, 6.07) is 0. The predicted octanol–water partition coefficient (Wildman–Crippen LogP) is 7.35. The van der Waals surface area contributed by atoms with Crippen molar-refractivity contribution in [2.75, 3.05) is 7.11 Å². The molecule has 5 nitrogen and oxygen atoms in total. The zero-order chi connectivity index (χ0) is 37.1. The predicted molar refractivity (Wildman–Crippen MR) is 205 cm³/mol. The van der Waals surface area contributed by atoms with Gasteiger partial charge in [-0.3, -0.25) is 0 Å². The van der Waals surface area contributed by atoms with Crippen molar-refractivity contribution in [1.29, 1.82) is 0 Å². The molecule has 52 heavy (non-hydrogen) atoms. The molecule has 5 heteroatoms. The first-order chi connectivity index (χ1) is 25.5. The smallest absolute Gasteiger partial charge is 0.148 e. The molecule has 4 aliphatic rings. The Hall–Kier alpha value is -4.88. The van der Waals surface area contributed by atoms with Crippen LogP contribution in [0.3, 0.4) is 0 Å². The minimum atomic E-state index is -0.243. The summed E-state index contributed by atoms with van der Waals surface area (Å²) in [5.74, 6) is 23.3. The fourth-order valence-corrected chi connectivity index (χ4v) is 9.36. The first-order valence-corrected chi connectivity index (χ1v) is 18.7. The van der Waals surface area contributed by atoms with Gasteiger partial charge in [0.25, 0.3) is 0 Å². The highest BCUT2D eigenvalue weighted by Crippen LogP contribution is 2.48. The molecule has 4 fully saturated rings. The van der Waals surface area contributed by atoms with Gasteiger partial charge in [-0.25, -0.2) is 0 Å². The van der Waals surface area contributed by atoms with Crippen LogP contribution in [-0.4, -0.2) is 37.6 Å². The lowest BCUT2D eigenvalue weighted by molar-refractivity contribution is -0.0563. The maximum Gasteiger partial charge on any atom is 0.148 e. The number of allylic oxidation sites excluding steroid dienone is 3. The lowest BCUT2D eigenvalue weighted by atomic mass is 9.62. The van der Waals surface area contributed by atoms with E-state index < -0.39 is 0 Å². The Labute approximate surface area is 314 Å². The maximum atomic E-state index is 6.21. The second-order valence-corrected chi connectivity index (χ2v) is 14.7. The van der Waals surface area contributed by atoms with Crippen LogP contribution in [0.4, 0.5) is 0 Å². The topological polar surface area (TPSA) is 46.2 Å². The summed E-state index contributed by atoms with van der Waals surface area (Å²) in [5, 5.41) is 0. The van der Waals surface area contributed by atoms with Gasteiger partial charge in [0, 0.05) is 36.7 Å². The minimum absolute atomic E-state index is 0.145. The summed E-state index contributed by atoms with van der Waals surface area (Å²) in [4.78, 5) is 0. The third-order valence-corrected chi connectivity index (χ3v) is 11.7. The monoisotopic (exact) mass is 696 g/mol. The van der Waals surface area contributed by atoms with E-state index in [1.54, 1.807) is 0 Å². The van der Waals surface area contributed by atoms with E-state index in [-0.39, 0.29) is 30.5 Å². The summed E-state index contributed by atoms with van der Waals surface area (Å²) >= 11 is 0. The molecule has 0 N–H and O–H groups in total. The highest BCUT2D eigenvalue weighted by atomic mass is 16.5. The average Bonchev–Trinajstić information content (AvgIpc) is 3.16. The van der Waals surface area contributed by atoms with Gasteiger partial charge >= 0.3 is 0 Å². The number of ether oxygens (including phenoxy) is 5. The van der Waals surface area contributed by atoms with Crippen LogP contribution in [0.15, 0.2) is 24.3 Å². The van der Waals surface area contributed by atoms with Crippen molar-refractivity contribution in [3.8, 4) is 97.5 Å². The molecule has 0 aromatic rings. The van der Waals surface area contributed by atoms with E-state index in [0.717, 1.165) is 51.4 Å². The van der Waals surface area contributed by atoms with Crippen molar-refractivity contribution in [1.82, 2.24) is 0 Å². The fourth-order valence-electron chi connectivity index (χ4n) is 9.36. The highest BCUT2D eigenvalue weighted by molar-refractivity contribution is 5.21. The van der Waals surface area contributed by atoms with Gasteiger partial charge in [-0.15, -0.1) is 25.7 Å². The molecule has 0 aromatic heterocycles. The van der Waals surface area contributed by atoms with Gasteiger partial charge < -0.3 is 23.7 Å². The molecule has 0 radical (unpaired) electrons. The van der Waals surface area contributed by atoms with E-state index in [4.69, 9.17) is 49.4 Å². The SMILES string of the molecule is C#CC#COC1CCC(C2CC(C)CCC2/C=C/C2CC(C3CCC(OC#CC#C)C(OC#CC#C)C3)C(/C=C/C)CC2OC)CC1OC#CC#C. The van der Waals surface area contributed by atoms with Crippen molar-refractivity contribution in [3.63, 3.8) is 0 Å². The molecular weight excluding hydrogens is 645 g/mol. The van der Waals surface area contributed by atoms with Gasteiger partial charge in [0.2, 0.25) is 0 Å². The van der Waals surface area contributed by atoms with Crippen molar-refractivity contribution < 1.29 is 23.7 Å². The molecular formula is C47H52O5. The Morgan fingerprint density at radius 1 is 0.481 bits per heavy atom. The van der Waals surface area contributed by atoms with Gasteiger partial charge in [0.15, 0.2) is 0 Å². The van der Waals surface area contributed by atoms with E-state index >= 15 is 0 Å². The molecule has 4 rings (SSSR count). The molecule has 0 aromatic carbocycles. The van der Waals surface area contributed by atoms with Crippen LogP contribution in [0.1, 0.15) is 84.5 Å². The molecule has 0 aliphatic heterocycles. The Kier molecular flexibility index (Phi) is 16.5. The van der Waals surface area contributed by atoms with E-state index in [1.807, 2.05) is 7.11 Å². The number of hydrogen-bond donors (Lipinski definition) is 0. The molecule has 13 unspecified atom stereocenters. The van der Waals surface area contributed by atoms with Crippen LogP contribution in [0.5, 0.6) is 0 Å². The van der Waals surface area contributed by atoms with Gasteiger partial charge in [0.05, 0.1) is 6.10 Å². The fraction of sp³-hybridized carbons (Fsp3) is 0.574. The summed E-state index contributed by atoms with van der Waals surface area (Å²) in [5.41, 5.74) is 0. The largest absolute Gasteiger partial charge is 0.439 e. The van der Waals surface area contributed by atoms with E-state index in [1.165, 1.54) is 19.3 Å². The minimum Gasteiger partial charge on any atom is -0.439 e. The number of rotatable bonds is 10. The zero-order valence-electron chi connectivity index (χ0n) is 30.9. The molecule has 0 saturated heterocycles. The van der Waals surface area contributed by atoms with Crippen molar-refractivity contribution >= 4 is 0 Å². The third-order valence-electron chi connectivity index (χ3n) is 11.7. The van der Waals surface area contributed by atoms with Crippen LogP contribution >= 0.6 is 0 Å². The molecule has 0 bridgehead atoms. The van der Waals surface area contributed by atoms with Crippen molar-refractivity contribution in [2.24, 2.45) is 47.3 Å². The Morgan fingerprint density at radius 2 is 0.962 bits per heavy atom. The lowest BCUT2D eigenvalue weighted by Crippen LogP contribution is -2.44. The quantitative estimate of drug-likeness (QED) is 0.177. The first kappa shape index (κ1) is 39.9. The Bertz CT molecular complexity index is 1660. The van der Waals surface area contributed by atoms with Crippen LogP contribution < -0.4 is 0 Å². The normalized spacial score (nSPS) is 35.3. The second-order valence-electron chi connectivity index (χ2n) is 14.7. The molecule has 0 heterocycles. The van der Waals surface area contributed by atoms with Crippen LogP contribution in [0.25, 0.3) is 0 Å². The second kappa shape index (κ2) is 21.5. The van der Waals surface area contributed by atoms with Gasteiger partial charge in [-0.05, 0) is 136 Å². The summed E-state index contributed by atoms with van der Waals surface area (Å²) in [6.45, 7) is 4.49. The molecule has 4 saturated carbocycles. The first-order valence-electron chi connectivity index (χ1n) is 18.7. The van der Waals surface area contributed by atoms with E-state index in [0.29, 0.717) is 47.3 Å². The summed E-state index contributed by atoms with van der Waals surface area (Å²) in [6.07, 6.45) is 51.8. The molecule has 4 aliphatic carbocycles. The molecule has 0 spiro atoms. The number of methoxy groups -OCH3 is 1. The number of hydrogen-bond acceptors (Lipinski definition) is 5. The molecule has 13 atom stereocenters. The van der Waals surface area contributed by atoms with Crippen molar-refractivity contribution in [3.05, 3.63) is 24.3 Å². The summed E-state index contributed by atoms with van der Waals surface area (Å²) in [7, 11) is 1.86. The summed E-state index contributed by atoms with van der Waals surface area (Å²) < 4.78 is 29.8. The van der Waals surface area contributed by atoms with Gasteiger partial charge in [-0.2, -0.15) is 0 Å². The Balaban J connectivity index is 1.52. The van der Waals surface area contributed by atoms with Crippen molar-refractivity contribution in [2.45, 2.75) is 115 Å². The third kappa shape index (κ3) is 11.3. The van der Waals surface area contributed by atoms with E-state index in [2.05, 4.69) is 110 Å². The van der Waals surface area contributed by atoms with Crippen LogP contribution in [-0.2, 0) is 23.7 Å². The lowest BCUT2D eigenvalue weighted by Gasteiger charge is -2.46. The van der Waals surface area contributed by atoms with Gasteiger partial charge in [-0.1, -0.05) is 37.6 Å². The maximum absolute atomic E-state index is 6.21. The standard InChI is InChI=1S/C47H52O5/c1-8-13-26-49-43-24-22-38(33-46(43)51-28-15-10-3)41-30-35(6)18-19-36(41)20-21-40-31-42(37(17-12-5)32-45(40)48-7)39-23-25-44(50-27-14-9-2)47(34-39)52-29-16-11-4/h1-4,12,17,20-21,35-47H,18-19,22-25,30-34H2,5-7H3/b17-12+,21-20+. The van der Waals surface area contributed by atoms with Gasteiger partial charge in [0.1, 0.15) is 48.8 Å². The highest BCUT2D eigenvalue weighted by Gasteiger charge is 2.44. The zero-order valence-corrected chi connectivity index (χ0v) is 30.9. The molecule has 270 valence electrons. The van der Waals surface area contributed by atoms with Crippen LogP contribution in [0.2, 0.25) is 0 Å². The van der Waals surface area contributed by atoms with Crippen LogP contribution in [0, 0.1) is 145 Å². The molecule has 0 amide bonds. The Morgan fingerprint density at radius 3 is 1.44 bits per heavy atom. The van der Waals surface area contributed by atoms with E-state index in [9.17, 15) is 0 Å².